The van der Waals surface area contributed by atoms with Crippen molar-refractivity contribution >= 4 is 0 Å². The first kappa shape index (κ1) is 14.6. The summed E-state index contributed by atoms with van der Waals surface area (Å²) < 4.78 is 2.41. The van der Waals surface area contributed by atoms with Gasteiger partial charge in [-0.3, -0.25) is 0 Å². The number of aromatic nitrogens is 2. The molecule has 1 heterocycles. The van der Waals surface area contributed by atoms with Gasteiger partial charge in [0, 0.05) is 24.3 Å². The Hall–Kier alpha value is -0.830. The number of hydrogen-bond acceptors (Lipinski definition) is 2. The molecule has 0 amide bonds. The highest BCUT2D eigenvalue weighted by Gasteiger charge is 2.22. The second-order valence-electron chi connectivity index (χ2n) is 6.98. The van der Waals surface area contributed by atoms with E-state index in [0.717, 1.165) is 12.5 Å². The van der Waals surface area contributed by atoms with Crippen molar-refractivity contribution in [1.29, 1.82) is 0 Å². The van der Waals surface area contributed by atoms with E-state index < -0.39 is 0 Å². The Morgan fingerprint density at radius 1 is 1.26 bits per heavy atom. The van der Waals surface area contributed by atoms with Crippen LogP contribution in [0.15, 0.2) is 12.5 Å². The quantitative estimate of drug-likeness (QED) is 0.892. The van der Waals surface area contributed by atoms with E-state index in [-0.39, 0.29) is 5.54 Å². The minimum atomic E-state index is 0.162. The number of imidazole rings is 1. The Morgan fingerprint density at radius 3 is 2.53 bits per heavy atom. The van der Waals surface area contributed by atoms with E-state index in [1.807, 2.05) is 12.5 Å². The molecule has 2 rings (SSSR count). The molecule has 0 bridgehead atoms. The summed E-state index contributed by atoms with van der Waals surface area (Å²) in [6.45, 7) is 9.86. The van der Waals surface area contributed by atoms with Crippen molar-refractivity contribution in [2.45, 2.75) is 77.9 Å². The third-order valence-electron chi connectivity index (χ3n) is 4.33. The van der Waals surface area contributed by atoms with E-state index in [1.165, 1.54) is 37.8 Å². The molecular formula is C16H29N3. The fraction of sp³-hybridized carbons (Fsp3) is 0.812. The summed E-state index contributed by atoms with van der Waals surface area (Å²) >= 11 is 0. The molecule has 0 aromatic carbocycles. The average molecular weight is 263 g/mol. The van der Waals surface area contributed by atoms with E-state index in [2.05, 4.69) is 42.6 Å². The first-order valence-electron chi connectivity index (χ1n) is 7.75. The van der Waals surface area contributed by atoms with Gasteiger partial charge in [-0.05, 0) is 52.4 Å². The highest BCUT2D eigenvalue weighted by Crippen LogP contribution is 2.34. The maximum absolute atomic E-state index is 4.36. The van der Waals surface area contributed by atoms with Crippen LogP contribution in [0.5, 0.6) is 0 Å². The number of nitrogens with one attached hydrogen (secondary N) is 1. The summed E-state index contributed by atoms with van der Waals surface area (Å²) in [4.78, 5) is 4.36. The molecule has 1 aromatic heterocycles. The summed E-state index contributed by atoms with van der Waals surface area (Å²) in [6.07, 6.45) is 10.8. The normalized spacial score (nSPS) is 24.6. The molecule has 0 atom stereocenters. The molecule has 1 saturated carbocycles. The predicted molar refractivity (Wildman–Crippen MR) is 80.1 cm³/mol. The molecule has 108 valence electrons. The van der Waals surface area contributed by atoms with E-state index >= 15 is 0 Å². The molecule has 19 heavy (non-hydrogen) atoms. The molecule has 0 unspecified atom stereocenters. The van der Waals surface area contributed by atoms with E-state index in [9.17, 15) is 0 Å². The lowest BCUT2D eigenvalue weighted by Crippen LogP contribution is -2.36. The standard InChI is InChI=1S/C16H29N3/c1-5-13-6-8-14(9-7-13)19-12-17-10-15(19)11-18-16(2,3)4/h10,12-14,18H,5-9,11H2,1-4H3. The topological polar surface area (TPSA) is 29.9 Å². The summed E-state index contributed by atoms with van der Waals surface area (Å²) in [5.74, 6) is 0.955. The van der Waals surface area contributed by atoms with Crippen LogP contribution in [0.4, 0.5) is 0 Å². The minimum absolute atomic E-state index is 0.162. The molecule has 1 aliphatic rings. The molecule has 3 heteroatoms. The highest BCUT2D eigenvalue weighted by molar-refractivity contribution is 5.01. The third-order valence-corrected chi connectivity index (χ3v) is 4.33. The fourth-order valence-corrected chi connectivity index (χ4v) is 2.98. The zero-order chi connectivity index (χ0) is 13.9. The molecule has 3 nitrogen and oxygen atoms in total. The van der Waals surface area contributed by atoms with Crippen molar-refractivity contribution in [2.24, 2.45) is 5.92 Å². The summed E-state index contributed by atoms with van der Waals surface area (Å²) in [7, 11) is 0. The van der Waals surface area contributed by atoms with E-state index in [4.69, 9.17) is 0 Å². The Bertz CT molecular complexity index is 381. The largest absolute Gasteiger partial charge is 0.330 e. The molecule has 0 radical (unpaired) electrons. The average Bonchev–Trinajstić information content (AvgIpc) is 2.84. The van der Waals surface area contributed by atoms with Crippen molar-refractivity contribution in [2.75, 3.05) is 0 Å². The van der Waals surface area contributed by atoms with Crippen LogP contribution >= 0.6 is 0 Å². The van der Waals surface area contributed by atoms with Gasteiger partial charge in [0.05, 0.1) is 12.0 Å². The van der Waals surface area contributed by atoms with Gasteiger partial charge in [0.25, 0.3) is 0 Å². The monoisotopic (exact) mass is 263 g/mol. The van der Waals surface area contributed by atoms with E-state index in [1.54, 1.807) is 0 Å². The van der Waals surface area contributed by atoms with Gasteiger partial charge >= 0.3 is 0 Å². The van der Waals surface area contributed by atoms with Crippen LogP contribution in [0.3, 0.4) is 0 Å². The smallest absolute Gasteiger partial charge is 0.0951 e. The van der Waals surface area contributed by atoms with Gasteiger partial charge in [0.1, 0.15) is 0 Å². The van der Waals surface area contributed by atoms with Gasteiger partial charge in [0.2, 0.25) is 0 Å². The Balaban J connectivity index is 1.96. The highest BCUT2D eigenvalue weighted by atomic mass is 15.1. The van der Waals surface area contributed by atoms with Crippen molar-refractivity contribution in [1.82, 2.24) is 14.9 Å². The van der Waals surface area contributed by atoms with Gasteiger partial charge in [-0.1, -0.05) is 13.3 Å². The zero-order valence-corrected chi connectivity index (χ0v) is 12.9. The number of nitrogens with zero attached hydrogens (tertiary/aromatic N) is 2. The Labute approximate surface area is 117 Å². The third kappa shape index (κ3) is 4.07. The maximum Gasteiger partial charge on any atom is 0.0951 e. The second kappa shape index (κ2) is 6.08. The summed E-state index contributed by atoms with van der Waals surface area (Å²) in [6, 6.07) is 0.669. The van der Waals surface area contributed by atoms with Crippen LogP contribution in [0.25, 0.3) is 0 Å². The van der Waals surface area contributed by atoms with Crippen LogP contribution < -0.4 is 5.32 Å². The molecule has 0 saturated heterocycles. The van der Waals surface area contributed by atoms with Crippen molar-refractivity contribution in [3.05, 3.63) is 18.2 Å². The maximum atomic E-state index is 4.36. The lowest BCUT2D eigenvalue weighted by molar-refractivity contribution is 0.264. The predicted octanol–water partition coefficient (Wildman–Crippen LogP) is 3.91. The first-order valence-corrected chi connectivity index (χ1v) is 7.75. The van der Waals surface area contributed by atoms with E-state index in [0.29, 0.717) is 6.04 Å². The van der Waals surface area contributed by atoms with Gasteiger partial charge < -0.3 is 9.88 Å². The SMILES string of the molecule is CCC1CCC(n2cncc2CNC(C)(C)C)CC1. The van der Waals surface area contributed by atoms with Gasteiger partial charge in [-0.25, -0.2) is 4.98 Å². The molecular weight excluding hydrogens is 234 g/mol. The number of hydrogen-bond donors (Lipinski definition) is 1. The Morgan fingerprint density at radius 2 is 1.95 bits per heavy atom. The van der Waals surface area contributed by atoms with Crippen LogP contribution in [-0.4, -0.2) is 15.1 Å². The second-order valence-corrected chi connectivity index (χ2v) is 6.98. The van der Waals surface area contributed by atoms with Crippen LogP contribution in [0.2, 0.25) is 0 Å². The van der Waals surface area contributed by atoms with Crippen molar-refractivity contribution < 1.29 is 0 Å². The molecule has 0 aliphatic heterocycles. The lowest BCUT2D eigenvalue weighted by atomic mass is 9.84. The zero-order valence-electron chi connectivity index (χ0n) is 12.9. The van der Waals surface area contributed by atoms with Crippen molar-refractivity contribution in [3.8, 4) is 0 Å². The molecule has 1 fully saturated rings. The Kier molecular flexibility index (Phi) is 4.67. The molecule has 1 aromatic rings. The van der Waals surface area contributed by atoms with Crippen LogP contribution in [0, 0.1) is 5.92 Å². The molecule has 1 aliphatic carbocycles. The van der Waals surface area contributed by atoms with Crippen LogP contribution in [-0.2, 0) is 6.54 Å². The van der Waals surface area contributed by atoms with Gasteiger partial charge in [0.15, 0.2) is 0 Å². The summed E-state index contributed by atoms with van der Waals surface area (Å²) in [5, 5.41) is 3.56. The van der Waals surface area contributed by atoms with Gasteiger partial charge in [-0.15, -0.1) is 0 Å². The summed E-state index contributed by atoms with van der Waals surface area (Å²) in [5.41, 5.74) is 1.49. The van der Waals surface area contributed by atoms with Crippen molar-refractivity contribution in [3.63, 3.8) is 0 Å². The molecule has 0 spiro atoms. The fourth-order valence-electron chi connectivity index (χ4n) is 2.98. The lowest BCUT2D eigenvalue weighted by Gasteiger charge is -2.30. The number of rotatable bonds is 4. The molecule has 1 N–H and O–H groups in total. The minimum Gasteiger partial charge on any atom is -0.330 e. The van der Waals surface area contributed by atoms with Crippen LogP contribution in [0.1, 0.15) is 71.5 Å². The first-order chi connectivity index (χ1) is 8.99. The van der Waals surface area contributed by atoms with Gasteiger partial charge in [-0.2, -0.15) is 0 Å².